The maximum Gasteiger partial charge on any atom is 0.337 e. The number of aromatic nitrogens is 2. The Morgan fingerprint density at radius 1 is 1.37 bits per heavy atom. The van der Waals surface area contributed by atoms with E-state index in [1.54, 1.807) is 24.5 Å². The van der Waals surface area contributed by atoms with E-state index in [1.165, 1.54) is 6.07 Å². The predicted molar refractivity (Wildman–Crippen MR) is 71.9 cm³/mol. The molecule has 0 radical (unpaired) electrons. The van der Waals surface area contributed by atoms with Gasteiger partial charge in [0.25, 0.3) is 0 Å². The fourth-order valence-electron chi connectivity index (χ4n) is 1.57. The van der Waals surface area contributed by atoms with Crippen LogP contribution in [0.5, 0.6) is 0 Å². The summed E-state index contributed by atoms with van der Waals surface area (Å²) >= 11 is 0. The Balaban J connectivity index is 2.06. The first kappa shape index (κ1) is 12.8. The molecule has 6 nitrogen and oxygen atoms in total. The van der Waals surface area contributed by atoms with Crippen molar-refractivity contribution in [2.75, 3.05) is 11.1 Å². The monoisotopic (exact) mass is 258 g/mol. The highest BCUT2D eigenvalue weighted by Crippen LogP contribution is 2.18. The van der Waals surface area contributed by atoms with E-state index in [9.17, 15) is 4.79 Å². The van der Waals surface area contributed by atoms with Crippen LogP contribution in [-0.4, -0.2) is 21.0 Å². The number of benzene rings is 1. The van der Waals surface area contributed by atoms with Crippen LogP contribution in [0.2, 0.25) is 0 Å². The van der Waals surface area contributed by atoms with E-state index in [4.69, 9.17) is 10.8 Å². The zero-order valence-corrected chi connectivity index (χ0v) is 10.4. The molecule has 0 saturated carbocycles. The first-order valence-electron chi connectivity index (χ1n) is 5.70. The summed E-state index contributed by atoms with van der Waals surface area (Å²) in [5.41, 5.74) is 8.39. The Hall–Kier alpha value is -2.63. The quantitative estimate of drug-likeness (QED) is 0.721. The molecule has 19 heavy (non-hydrogen) atoms. The molecule has 0 saturated heterocycles. The molecule has 0 spiro atoms. The molecule has 1 aromatic carbocycles. The van der Waals surface area contributed by atoms with Gasteiger partial charge in [-0.15, -0.1) is 0 Å². The molecule has 0 aliphatic heterocycles. The largest absolute Gasteiger partial charge is 0.478 e. The average Bonchev–Trinajstić information content (AvgIpc) is 2.37. The standard InChI is InChI=1S/C13H14N4O2/c1-8-5-16-10(6-15-8)7-17-9-2-3-11(13(18)19)12(14)4-9/h2-6,17H,7,14H2,1H3,(H,18,19). The number of aromatic carboxylic acids is 1. The van der Waals surface area contributed by atoms with Crippen molar-refractivity contribution >= 4 is 17.3 Å². The molecule has 0 aliphatic carbocycles. The lowest BCUT2D eigenvalue weighted by Crippen LogP contribution is -2.06. The lowest BCUT2D eigenvalue weighted by atomic mass is 10.1. The molecule has 6 heteroatoms. The van der Waals surface area contributed by atoms with Gasteiger partial charge in [-0.3, -0.25) is 9.97 Å². The number of rotatable bonds is 4. The summed E-state index contributed by atoms with van der Waals surface area (Å²) < 4.78 is 0. The molecule has 4 N–H and O–H groups in total. The number of nitrogens with one attached hydrogen (secondary N) is 1. The fraction of sp³-hybridized carbons (Fsp3) is 0.154. The van der Waals surface area contributed by atoms with Crippen molar-refractivity contribution in [2.45, 2.75) is 13.5 Å². The topological polar surface area (TPSA) is 101 Å². The van der Waals surface area contributed by atoms with Gasteiger partial charge in [-0.2, -0.15) is 0 Å². The Labute approximate surface area is 110 Å². The normalized spacial score (nSPS) is 10.2. The van der Waals surface area contributed by atoms with Crippen LogP contribution >= 0.6 is 0 Å². The molecule has 0 atom stereocenters. The Morgan fingerprint density at radius 3 is 2.74 bits per heavy atom. The van der Waals surface area contributed by atoms with Gasteiger partial charge in [0, 0.05) is 17.6 Å². The number of carboxylic acids is 1. The smallest absolute Gasteiger partial charge is 0.337 e. The van der Waals surface area contributed by atoms with E-state index < -0.39 is 5.97 Å². The number of aryl methyl sites for hydroxylation is 1. The molecule has 0 amide bonds. The van der Waals surface area contributed by atoms with Gasteiger partial charge >= 0.3 is 5.97 Å². The van der Waals surface area contributed by atoms with Gasteiger partial charge in [0.05, 0.1) is 29.7 Å². The molecule has 2 rings (SSSR count). The minimum atomic E-state index is -1.03. The van der Waals surface area contributed by atoms with Crippen molar-refractivity contribution in [3.05, 3.63) is 47.5 Å². The third-order valence-corrected chi connectivity index (χ3v) is 2.59. The van der Waals surface area contributed by atoms with Gasteiger partial charge in [-0.1, -0.05) is 0 Å². The van der Waals surface area contributed by atoms with Crippen molar-refractivity contribution in [3.8, 4) is 0 Å². The number of anilines is 2. The summed E-state index contributed by atoms with van der Waals surface area (Å²) in [5, 5.41) is 12.0. The summed E-state index contributed by atoms with van der Waals surface area (Å²) in [6.07, 6.45) is 3.39. The zero-order chi connectivity index (χ0) is 13.8. The first-order chi connectivity index (χ1) is 9.06. The molecule has 1 aromatic heterocycles. The lowest BCUT2D eigenvalue weighted by molar-refractivity contribution is 0.0698. The summed E-state index contributed by atoms with van der Waals surface area (Å²) in [7, 11) is 0. The SMILES string of the molecule is Cc1cnc(CNc2ccc(C(=O)O)c(N)c2)cn1. The highest BCUT2D eigenvalue weighted by atomic mass is 16.4. The average molecular weight is 258 g/mol. The van der Waals surface area contributed by atoms with E-state index in [2.05, 4.69) is 15.3 Å². The van der Waals surface area contributed by atoms with Crippen LogP contribution in [-0.2, 0) is 6.54 Å². The van der Waals surface area contributed by atoms with Crippen molar-refractivity contribution in [2.24, 2.45) is 0 Å². The van der Waals surface area contributed by atoms with Crippen molar-refractivity contribution in [3.63, 3.8) is 0 Å². The molecular weight excluding hydrogens is 244 g/mol. The number of nitrogens with zero attached hydrogens (tertiary/aromatic N) is 2. The lowest BCUT2D eigenvalue weighted by Gasteiger charge is -2.08. The first-order valence-corrected chi connectivity index (χ1v) is 5.70. The minimum Gasteiger partial charge on any atom is -0.478 e. The van der Waals surface area contributed by atoms with Crippen LogP contribution in [0.4, 0.5) is 11.4 Å². The van der Waals surface area contributed by atoms with Crippen LogP contribution in [0.15, 0.2) is 30.6 Å². The number of carbonyl (C=O) groups is 1. The van der Waals surface area contributed by atoms with E-state index in [-0.39, 0.29) is 11.3 Å². The van der Waals surface area contributed by atoms with Crippen LogP contribution < -0.4 is 11.1 Å². The molecule has 0 aliphatic rings. The summed E-state index contributed by atoms with van der Waals surface area (Å²) in [4.78, 5) is 19.2. The second kappa shape index (κ2) is 5.34. The van der Waals surface area contributed by atoms with E-state index in [1.807, 2.05) is 6.92 Å². The number of hydrogen-bond acceptors (Lipinski definition) is 5. The van der Waals surface area contributed by atoms with Crippen molar-refractivity contribution in [1.82, 2.24) is 9.97 Å². The molecule has 0 fully saturated rings. The highest BCUT2D eigenvalue weighted by molar-refractivity contribution is 5.94. The second-order valence-electron chi connectivity index (χ2n) is 4.11. The van der Waals surface area contributed by atoms with Gasteiger partial charge in [-0.05, 0) is 25.1 Å². The summed E-state index contributed by atoms with van der Waals surface area (Å²) in [6, 6.07) is 4.73. The van der Waals surface area contributed by atoms with Crippen molar-refractivity contribution < 1.29 is 9.90 Å². The van der Waals surface area contributed by atoms with Gasteiger partial charge in [0.1, 0.15) is 0 Å². The number of nitrogen functional groups attached to an aromatic ring is 1. The maximum absolute atomic E-state index is 10.8. The summed E-state index contributed by atoms with van der Waals surface area (Å²) in [6.45, 7) is 2.37. The molecule has 0 unspecified atom stereocenters. The minimum absolute atomic E-state index is 0.0978. The number of carboxylic acid groups (broad SMARTS) is 1. The molecule has 1 heterocycles. The Morgan fingerprint density at radius 2 is 2.16 bits per heavy atom. The zero-order valence-electron chi connectivity index (χ0n) is 10.4. The Kier molecular flexibility index (Phi) is 3.61. The van der Waals surface area contributed by atoms with Crippen LogP contribution in [0.1, 0.15) is 21.7 Å². The number of nitrogens with two attached hydrogens (primary N) is 1. The second-order valence-corrected chi connectivity index (χ2v) is 4.11. The molecular formula is C13H14N4O2. The van der Waals surface area contributed by atoms with E-state index >= 15 is 0 Å². The van der Waals surface area contributed by atoms with Gasteiger partial charge in [0.15, 0.2) is 0 Å². The van der Waals surface area contributed by atoms with Gasteiger partial charge in [-0.25, -0.2) is 4.79 Å². The fourth-order valence-corrected chi connectivity index (χ4v) is 1.57. The third kappa shape index (κ3) is 3.19. The molecule has 2 aromatic rings. The van der Waals surface area contributed by atoms with E-state index in [0.717, 1.165) is 17.1 Å². The number of hydrogen-bond donors (Lipinski definition) is 3. The van der Waals surface area contributed by atoms with Crippen molar-refractivity contribution in [1.29, 1.82) is 0 Å². The maximum atomic E-state index is 10.8. The van der Waals surface area contributed by atoms with Crippen LogP contribution in [0, 0.1) is 6.92 Å². The van der Waals surface area contributed by atoms with Crippen LogP contribution in [0.3, 0.4) is 0 Å². The van der Waals surface area contributed by atoms with Gasteiger partial charge < -0.3 is 16.2 Å². The molecule has 98 valence electrons. The summed E-state index contributed by atoms with van der Waals surface area (Å²) in [5.74, 6) is -1.03. The Bertz CT molecular complexity index is 596. The predicted octanol–water partition coefficient (Wildman–Crippen LogP) is 1.68. The molecule has 0 bridgehead atoms. The van der Waals surface area contributed by atoms with E-state index in [0.29, 0.717) is 6.54 Å². The van der Waals surface area contributed by atoms with Gasteiger partial charge in [0.2, 0.25) is 0 Å². The highest BCUT2D eigenvalue weighted by Gasteiger charge is 2.07. The third-order valence-electron chi connectivity index (χ3n) is 2.59. The van der Waals surface area contributed by atoms with Crippen LogP contribution in [0.25, 0.3) is 0 Å².